The zero-order chi connectivity index (χ0) is 11.4. The van der Waals surface area contributed by atoms with E-state index in [0.717, 1.165) is 6.42 Å². The zero-order valence-corrected chi connectivity index (χ0v) is 10.0. The summed E-state index contributed by atoms with van der Waals surface area (Å²) in [5.74, 6) is 0.0672. The van der Waals surface area contributed by atoms with Gasteiger partial charge in [-0.2, -0.15) is 0 Å². The first-order valence-electron chi connectivity index (χ1n) is 4.51. The Hall–Kier alpha value is -1.17. The van der Waals surface area contributed by atoms with Crippen LogP contribution in [0.1, 0.15) is 20.3 Å². The van der Waals surface area contributed by atoms with Crippen LogP contribution in [0, 0.1) is 10.1 Å². The van der Waals surface area contributed by atoms with Crippen molar-refractivity contribution in [2.24, 2.45) is 0 Å². The lowest BCUT2D eigenvalue weighted by Gasteiger charge is -2.11. The molecule has 15 heavy (non-hydrogen) atoms. The van der Waals surface area contributed by atoms with E-state index in [2.05, 4.69) is 20.9 Å². The number of nitro groups is 1. The van der Waals surface area contributed by atoms with Crippen molar-refractivity contribution in [1.82, 2.24) is 4.98 Å². The molecule has 0 bridgehead atoms. The molecule has 1 heterocycles. The maximum absolute atomic E-state index is 10.7. The van der Waals surface area contributed by atoms with Gasteiger partial charge in [0.05, 0.1) is 11.0 Å². The Morgan fingerprint density at radius 1 is 1.73 bits per heavy atom. The summed E-state index contributed by atoms with van der Waals surface area (Å²) in [5.41, 5.74) is -0.121. The Labute approximate surface area is 95.7 Å². The number of rotatable bonds is 4. The van der Waals surface area contributed by atoms with Crippen LogP contribution in [0.25, 0.3) is 0 Å². The summed E-state index contributed by atoms with van der Waals surface area (Å²) in [7, 11) is 0. The second-order valence-corrected chi connectivity index (χ2v) is 3.99. The number of aromatic nitrogens is 1. The van der Waals surface area contributed by atoms with E-state index in [4.69, 9.17) is 4.74 Å². The standard InChI is InChI=1S/C9H11BrN2O3/c1-3-6(2)15-9-8(12(13)14)4-7(10)5-11-9/h4-6H,3H2,1-2H3. The maximum atomic E-state index is 10.7. The highest BCUT2D eigenvalue weighted by Crippen LogP contribution is 2.28. The predicted octanol–water partition coefficient (Wildman–Crippen LogP) is 2.93. The first-order chi connectivity index (χ1) is 7.04. The molecule has 0 saturated heterocycles. The van der Waals surface area contributed by atoms with Crippen molar-refractivity contribution in [2.45, 2.75) is 26.4 Å². The smallest absolute Gasteiger partial charge is 0.332 e. The third-order valence-electron chi connectivity index (χ3n) is 1.88. The molecule has 1 unspecified atom stereocenters. The number of halogens is 1. The van der Waals surface area contributed by atoms with Gasteiger partial charge in [0.25, 0.3) is 5.88 Å². The Morgan fingerprint density at radius 3 is 2.93 bits per heavy atom. The molecule has 0 aliphatic heterocycles. The monoisotopic (exact) mass is 274 g/mol. The van der Waals surface area contributed by atoms with Crippen LogP contribution in [0.4, 0.5) is 5.69 Å². The molecule has 82 valence electrons. The summed E-state index contributed by atoms with van der Waals surface area (Å²) >= 11 is 3.13. The molecule has 0 spiro atoms. The summed E-state index contributed by atoms with van der Waals surface area (Å²) in [6.45, 7) is 3.78. The minimum Gasteiger partial charge on any atom is -0.470 e. The lowest BCUT2D eigenvalue weighted by molar-refractivity contribution is -0.386. The van der Waals surface area contributed by atoms with Crippen LogP contribution in [0.2, 0.25) is 0 Å². The molecule has 0 aliphatic rings. The van der Waals surface area contributed by atoms with E-state index in [1.807, 2.05) is 13.8 Å². The van der Waals surface area contributed by atoms with Crippen molar-refractivity contribution in [3.8, 4) is 5.88 Å². The molecule has 0 radical (unpaired) electrons. The molecule has 1 aromatic rings. The molecule has 0 fully saturated rings. The van der Waals surface area contributed by atoms with E-state index in [1.54, 1.807) is 0 Å². The highest BCUT2D eigenvalue weighted by molar-refractivity contribution is 9.10. The van der Waals surface area contributed by atoms with Gasteiger partial charge in [0.2, 0.25) is 0 Å². The summed E-state index contributed by atoms with van der Waals surface area (Å²) in [5, 5.41) is 10.7. The van der Waals surface area contributed by atoms with Gasteiger partial charge in [-0.1, -0.05) is 6.92 Å². The molecule has 1 aromatic heterocycles. The SMILES string of the molecule is CCC(C)Oc1ncc(Br)cc1[N+](=O)[O-]. The highest BCUT2D eigenvalue weighted by Gasteiger charge is 2.18. The molecule has 0 aromatic carbocycles. The molecule has 6 heteroatoms. The highest BCUT2D eigenvalue weighted by atomic mass is 79.9. The van der Waals surface area contributed by atoms with Gasteiger partial charge >= 0.3 is 5.69 Å². The molecule has 1 rings (SSSR count). The van der Waals surface area contributed by atoms with E-state index >= 15 is 0 Å². The first kappa shape index (κ1) is 11.9. The summed E-state index contributed by atoms with van der Waals surface area (Å²) < 4.78 is 5.90. The third-order valence-corrected chi connectivity index (χ3v) is 2.32. The molecule has 0 aliphatic carbocycles. The van der Waals surface area contributed by atoms with Crippen LogP contribution in [-0.2, 0) is 0 Å². The van der Waals surface area contributed by atoms with Crippen molar-refractivity contribution >= 4 is 21.6 Å². The predicted molar refractivity (Wildman–Crippen MR) is 59.0 cm³/mol. The zero-order valence-electron chi connectivity index (χ0n) is 8.44. The minimum absolute atomic E-state index is 0.0672. The molecular weight excluding hydrogens is 264 g/mol. The molecule has 0 N–H and O–H groups in total. The van der Waals surface area contributed by atoms with Crippen LogP contribution >= 0.6 is 15.9 Å². The van der Waals surface area contributed by atoms with Crippen molar-refractivity contribution in [1.29, 1.82) is 0 Å². The van der Waals surface area contributed by atoms with Gasteiger partial charge in [0, 0.05) is 16.7 Å². The topological polar surface area (TPSA) is 65.3 Å². The number of hydrogen-bond acceptors (Lipinski definition) is 4. The minimum atomic E-state index is -0.504. The van der Waals surface area contributed by atoms with E-state index < -0.39 is 4.92 Å². The van der Waals surface area contributed by atoms with Crippen molar-refractivity contribution in [2.75, 3.05) is 0 Å². The van der Waals surface area contributed by atoms with Crippen molar-refractivity contribution in [3.63, 3.8) is 0 Å². The Balaban J connectivity index is 3.01. The van der Waals surface area contributed by atoms with Gasteiger partial charge in [0.1, 0.15) is 0 Å². The fraction of sp³-hybridized carbons (Fsp3) is 0.444. The van der Waals surface area contributed by atoms with Gasteiger partial charge < -0.3 is 4.74 Å². The van der Waals surface area contributed by atoms with Crippen molar-refractivity contribution in [3.05, 3.63) is 26.9 Å². The van der Waals surface area contributed by atoms with Crippen LogP contribution in [-0.4, -0.2) is 16.0 Å². The van der Waals surface area contributed by atoms with E-state index in [1.165, 1.54) is 12.3 Å². The summed E-state index contributed by atoms with van der Waals surface area (Å²) in [6, 6.07) is 1.38. The fourth-order valence-corrected chi connectivity index (χ4v) is 1.23. The number of pyridine rings is 1. The molecule has 1 atom stereocenters. The summed E-state index contributed by atoms with van der Waals surface area (Å²) in [6.07, 6.45) is 2.16. The van der Waals surface area contributed by atoms with Crippen LogP contribution < -0.4 is 4.74 Å². The second-order valence-electron chi connectivity index (χ2n) is 3.07. The average molecular weight is 275 g/mol. The van der Waals surface area contributed by atoms with Gasteiger partial charge in [-0.15, -0.1) is 0 Å². The van der Waals surface area contributed by atoms with Gasteiger partial charge in [-0.05, 0) is 29.3 Å². The van der Waals surface area contributed by atoms with E-state index in [9.17, 15) is 10.1 Å². The molecule has 5 nitrogen and oxygen atoms in total. The summed E-state index contributed by atoms with van der Waals surface area (Å²) in [4.78, 5) is 14.1. The second kappa shape index (κ2) is 5.06. The number of hydrogen-bond donors (Lipinski definition) is 0. The van der Waals surface area contributed by atoms with Gasteiger partial charge in [0.15, 0.2) is 0 Å². The Kier molecular flexibility index (Phi) is 4.02. The van der Waals surface area contributed by atoms with Gasteiger partial charge in [-0.25, -0.2) is 4.98 Å². The largest absolute Gasteiger partial charge is 0.470 e. The van der Waals surface area contributed by atoms with Crippen LogP contribution in [0.3, 0.4) is 0 Å². The van der Waals surface area contributed by atoms with Crippen LogP contribution in [0.5, 0.6) is 5.88 Å². The average Bonchev–Trinajstić information content (AvgIpc) is 2.20. The Morgan fingerprint density at radius 2 is 2.40 bits per heavy atom. The van der Waals surface area contributed by atoms with Crippen molar-refractivity contribution < 1.29 is 9.66 Å². The normalized spacial score (nSPS) is 12.2. The first-order valence-corrected chi connectivity index (χ1v) is 5.30. The number of nitrogens with zero attached hydrogens (tertiary/aromatic N) is 2. The lowest BCUT2D eigenvalue weighted by atomic mass is 10.3. The quantitative estimate of drug-likeness (QED) is 0.626. The molecule has 0 saturated carbocycles. The fourth-order valence-electron chi connectivity index (χ4n) is 0.912. The van der Waals surface area contributed by atoms with Gasteiger partial charge in [-0.3, -0.25) is 10.1 Å². The Bertz CT molecular complexity index is 370. The van der Waals surface area contributed by atoms with Crippen LogP contribution in [0.15, 0.2) is 16.7 Å². The van der Waals surface area contributed by atoms with E-state index in [0.29, 0.717) is 4.47 Å². The lowest BCUT2D eigenvalue weighted by Crippen LogP contribution is -2.12. The van der Waals surface area contributed by atoms with E-state index in [-0.39, 0.29) is 17.7 Å². The third kappa shape index (κ3) is 3.16. The maximum Gasteiger partial charge on any atom is 0.332 e. The molecule has 0 amide bonds. The number of ether oxygens (including phenoxy) is 1. The molecular formula is C9H11BrN2O3.